The number of para-hydroxylation sites is 1. The Bertz CT molecular complexity index is 906. The Labute approximate surface area is 152 Å². The van der Waals surface area contributed by atoms with E-state index in [0.717, 1.165) is 25.1 Å². The van der Waals surface area contributed by atoms with Crippen molar-refractivity contribution in [3.05, 3.63) is 59.8 Å². The molecule has 1 aromatic carbocycles. The van der Waals surface area contributed by atoms with Crippen molar-refractivity contribution in [1.82, 2.24) is 9.88 Å². The number of pyridine rings is 1. The molecule has 4 rings (SSSR count). The summed E-state index contributed by atoms with van der Waals surface area (Å²) in [4.78, 5) is 34.0. The molecule has 2 amide bonds. The van der Waals surface area contributed by atoms with Gasteiger partial charge in [0.1, 0.15) is 0 Å². The number of nitrogens with zero attached hydrogens (tertiary/aromatic N) is 3. The maximum Gasteiger partial charge on any atom is 0.257 e. The third-order valence-corrected chi connectivity index (χ3v) is 4.77. The number of anilines is 3. The molecule has 3 heterocycles. The molecule has 1 aromatic heterocycles. The van der Waals surface area contributed by atoms with Gasteiger partial charge in [-0.3, -0.25) is 14.5 Å². The first kappa shape index (κ1) is 16.5. The zero-order chi connectivity index (χ0) is 18.1. The summed E-state index contributed by atoms with van der Waals surface area (Å²) in [6, 6.07) is 10.7. The van der Waals surface area contributed by atoms with Gasteiger partial charge < -0.3 is 10.2 Å². The molecule has 6 nitrogen and oxygen atoms in total. The predicted octanol–water partition coefficient (Wildman–Crippen LogP) is 2.96. The van der Waals surface area contributed by atoms with E-state index in [9.17, 15) is 9.59 Å². The lowest BCUT2D eigenvalue weighted by molar-refractivity contribution is -0.117. The minimum Gasteiger partial charge on any atom is -0.319 e. The average molecular weight is 348 g/mol. The van der Waals surface area contributed by atoms with Crippen LogP contribution in [0.5, 0.6) is 0 Å². The van der Waals surface area contributed by atoms with Crippen LogP contribution in [-0.4, -0.2) is 41.8 Å². The van der Waals surface area contributed by atoms with Gasteiger partial charge in [-0.15, -0.1) is 0 Å². The molecule has 0 radical (unpaired) electrons. The van der Waals surface area contributed by atoms with Crippen molar-refractivity contribution in [1.29, 1.82) is 0 Å². The first-order valence-electron chi connectivity index (χ1n) is 8.68. The minimum absolute atomic E-state index is 0.0790. The lowest BCUT2D eigenvalue weighted by atomic mass is 10.0. The Morgan fingerprint density at radius 3 is 2.88 bits per heavy atom. The summed E-state index contributed by atoms with van der Waals surface area (Å²) < 4.78 is 0. The molecular weight excluding hydrogens is 328 g/mol. The van der Waals surface area contributed by atoms with Gasteiger partial charge in [-0.25, -0.2) is 4.98 Å². The quantitative estimate of drug-likeness (QED) is 0.848. The fourth-order valence-corrected chi connectivity index (χ4v) is 3.34. The third-order valence-electron chi connectivity index (χ3n) is 4.77. The Balaban J connectivity index is 1.75. The van der Waals surface area contributed by atoms with Gasteiger partial charge in [-0.2, -0.15) is 0 Å². The van der Waals surface area contributed by atoms with Gasteiger partial charge in [0, 0.05) is 25.7 Å². The number of carbonyl (C=O) groups is 2. The molecule has 0 saturated carbocycles. The number of hydrogen-bond acceptors (Lipinski definition) is 4. The van der Waals surface area contributed by atoms with Crippen molar-refractivity contribution in [2.75, 3.05) is 30.4 Å². The summed E-state index contributed by atoms with van der Waals surface area (Å²) in [7, 11) is 2.07. The monoisotopic (exact) mass is 348 g/mol. The van der Waals surface area contributed by atoms with Crippen molar-refractivity contribution < 1.29 is 9.59 Å². The van der Waals surface area contributed by atoms with Crippen LogP contribution in [0.3, 0.4) is 0 Å². The van der Waals surface area contributed by atoms with E-state index in [0.29, 0.717) is 29.2 Å². The Kier molecular flexibility index (Phi) is 4.26. The van der Waals surface area contributed by atoms with E-state index < -0.39 is 0 Å². The van der Waals surface area contributed by atoms with Crippen molar-refractivity contribution in [2.24, 2.45) is 0 Å². The fraction of sp³-hybridized carbons (Fsp3) is 0.250. The highest BCUT2D eigenvalue weighted by molar-refractivity contribution is 6.17. The highest BCUT2D eigenvalue weighted by atomic mass is 16.2. The predicted molar refractivity (Wildman–Crippen MR) is 101 cm³/mol. The standard InChI is InChI=1S/C20H20N4O2/c1-23-11-8-14(9-12-23)13-18(25)24-17-7-3-2-5-15(17)20(26)22-16-6-4-10-21-19(16)24/h2-8,10H,9,11-13H2,1H3,(H,22,26). The summed E-state index contributed by atoms with van der Waals surface area (Å²) in [5, 5.41) is 2.86. The molecule has 0 atom stereocenters. The van der Waals surface area contributed by atoms with E-state index in [1.165, 1.54) is 0 Å². The van der Waals surface area contributed by atoms with Gasteiger partial charge >= 0.3 is 0 Å². The zero-order valence-corrected chi connectivity index (χ0v) is 14.6. The van der Waals surface area contributed by atoms with Gasteiger partial charge in [-0.1, -0.05) is 23.8 Å². The normalized spacial score (nSPS) is 16.9. The molecule has 0 fully saturated rings. The summed E-state index contributed by atoms with van der Waals surface area (Å²) in [5.74, 6) is 0.151. The lowest BCUT2D eigenvalue weighted by Gasteiger charge is -2.25. The van der Waals surface area contributed by atoms with Crippen LogP contribution < -0.4 is 10.2 Å². The minimum atomic E-state index is -0.233. The molecule has 2 aliphatic heterocycles. The van der Waals surface area contributed by atoms with E-state index in [-0.39, 0.29) is 11.8 Å². The fourth-order valence-electron chi connectivity index (χ4n) is 3.34. The van der Waals surface area contributed by atoms with Gasteiger partial charge in [0.25, 0.3) is 5.91 Å². The molecule has 26 heavy (non-hydrogen) atoms. The topological polar surface area (TPSA) is 65.5 Å². The maximum atomic E-state index is 13.2. The van der Waals surface area contributed by atoms with Crippen LogP contribution in [-0.2, 0) is 4.79 Å². The molecule has 132 valence electrons. The van der Waals surface area contributed by atoms with Crippen LogP contribution in [0.4, 0.5) is 17.2 Å². The second kappa shape index (κ2) is 6.72. The molecule has 0 spiro atoms. The number of likely N-dealkylation sites (N-methyl/N-ethyl adjacent to an activating group) is 1. The Morgan fingerprint density at radius 1 is 1.23 bits per heavy atom. The summed E-state index contributed by atoms with van der Waals surface area (Å²) in [5.41, 5.74) is 2.71. The smallest absolute Gasteiger partial charge is 0.257 e. The molecule has 0 bridgehead atoms. The summed E-state index contributed by atoms with van der Waals surface area (Å²) in [6.45, 7) is 1.80. The second-order valence-corrected chi connectivity index (χ2v) is 6.63. The second-order valence-electron chi connectivity index (χ2n) is 6.63. The number of hydrogen-bond donors (Lipinski definition) is 1. The van der Waals surface area contributed by atoms with Crippen molar-refractivity contribution in [2.45, 2.75) is 12.8 Å². The first-order valence-corrected chi connectivity index (χ1v) is 8.68. The zero-order valence-electron chi connectivity index (χ0n) is 14.6. The van der Waals surface area contributed by atoms with Gasteiger partial charge in [0.15, 0.2) is 5.82 Å². The van der Waals surface area contributed by atoms with E-state index in [1.807, 2.05) is 6.07 Å². The highest BCUT2D eigenvalue weighted by Gasteiger charge is 2.30. The van der Waals surface area contributed by atoms with Crippen LogP contribution >= 0.6 is 0 Å². The lowest BCUT2D eigenvalue weighted by Crippen LogP contribution is -2.30. The van der Waals surface area contributed by atoms with E-state index in [4.69, 9.17) is 0 Å². The van der Waals surface area contributed by atoms with Gasteiger partial charge in [0.05, 0.1) is 16.9 Å². The Hall–Kier alpha value is -2.99. The van der Waals surface area contributed by atoms with Gasteiger partial charge in [0.2, 0.25) is 5.91 Å². The maximum absolute atomic E-state index is 13.2. The van der Waals surface area contributed by atoms with Crippen molar-refractivity contribution in [3.63, 3.8) is 0 Å². The van der Waals surface area contributed by atoms with Crippen LogP contribution in [0.25, 0.3) is 0 Å². The third kappa shape index (κ3) is 2.99. The molecule has 0 saturated heterocycles. The van der Waals surface area contributed by atoms with Crippen LogP contribution in [0.1, 0.15) is 23.2 Å². The first-order chi connectivity index (χ1) is 12.6. The van der Waals surface area contributed by atoms with E-state index in [1.54, 1.807) is 41.4 Å². The van der Waals surface area contributed by atoms with Crippen LogP contribution in [0.15, 0.2) is 54.2 Å². The van der Waals surface area contributed by atoms with Crippen molar-refractivity contribution in [3.8, 4) is 0 Å². The van der Waals surface area contributed by atoms with Gasteiger partial charge in [-0.05, 0) is 37.7 Å². The SMILES string of the molecule is CN1CC=C(CC(=O)N2c3ccccc3C(=O)Nc3cccnc32)CC1. The summed E-state index contributed by atoms with van der Waals surface area (Å²) >= 11 is 0. The number of aromatic nitrogens is 1. The van der Waals surface area contributed by atoms with Crippen LogP contribution in [0, 0.1) is 0 Å². The number of rotatable bonds is 2. The van der Waals surface area contributed by atoms with Crippen LogP contribution in [0.2, 0.25) is 0 Å². The molecule has 1 N–H and O–H groups in total. The largest absolute Gasteiger partial charge is 0.319 e. The molecule has 0 aliphatic carbocycles. The average Bonchev–Trinajstić information content (AvgIpc) is 2.77. The number of nitrogens with one attached hydrogen (secondary N) is 1. The molecule has 0 unspecified atom stereocenters. The molecule has 2 aliphatic rings. The Morgan fingerprint density at radius 2 is 2.08 bits per heavy atom. The van der Waals surface area contributed by atoms with Crippen molar-refractivity contribution >= 4 is 29.0 Å². The van der Waals surface area contributed by atoms with E-state index in [2.05, 4.69) is 28.3 Å². The van der Waals surface area contributed by atoms with E-state index >= 15 is 0 Å². The molecule has 2 aromatic rings. The number of carbonyl (C=O) groups excluding carboxylic acids is 2. The number of fused-ring (bicyclic) bond motifs is 2. The molecular formula is C20H20N4O2. The highest BCUT2D eigenvalue weighted by Crippen LogP contribution is 2.37. The molecule has 6 heteroatoms. The summed E-state index contributed by atoms with van der Waals surface area (Å²) in [6.07, 6.45) is 4.96. The number of amides is 2. The number of benzene rings is 1.